The molecule has 26 heavy (non-hydrogen) atoms. The average Bonchev–Trinajstić information content (AvgIpc) is 2.90. The maximum atomic E-state index is 11.6. The van der Waals surface area contributed by atoms with Crippen LogP contribution in [0.2, 0.25) is 0 Å². The number of carbonyl (C=O) groups excluding carboxylic acids is 1. The minimum Gasteiger partial charge on any atom is -0.396 e. The molecule has 0 radical (unpaired) electrons. The highest BCUT2D eigenvalue weighted by atomic mass is 16.3. The van der Waals surface area contributed by atoms with Gasteiger partial charge in [0.05, 0.1) is 6.10 Å². The van der Waals surface area contributed by atoms with Crippen LogP contribution in [0.4, 0.5) is 0 Å². The summed E-state index contributed by atoms with van der Waals surface area (Å²) in [5, 5.41) is 23.3. The Hall–Kier alpha value is -0.870. The van der Waals surface area contributed by atoms with E-state index >= 15 is 0 Å². The van der Waals surface area contributed by atoms with Gasteiger partial charge in [0.1, 0.15) is 0 Å². The second-order valence-electron chi connectivity index (χ2n) is 9.73. The molecular weight excluding hydrogens is 326 g/mol. The van der Waals surface area contributed by atoms with E-state index in [2.05, 4.69) is 25.7 Å². The molecule has 0 spiro atoms. The van der Waals surface area contributed by atoms with Crippen molar-refractivity contribution in [1.82, 2.24) is 5.32 Å². The van der Waals surface area contributed by atoms with Gasteiger partial charge in [-0.25, -0.2) is 0 Å². The van der Waals surface area contributed by atoms with E-state index in [4.69, 9.17) is 0 Å². The molecule has 0 aromatic rings. The minimum absolute atomic E-state index is 0.0301. The maximum absolute atomic E-state index is 11.6. The number of aliphatic hydroxyl groups excluding tert-OH is 2. The lowest BCUT2D eigenvalue weighted by atomic mass is 9.49. The second-order valence-corrected chi connectivity index (χ2v) is 9.73. The number of hydrogen-bond donors (Lipinski definition) is 3. The predicted molar refractivity (Wildman–Crippen MR) is 103 cm³/mol. The Bertz CT molecular complexity index is 562. The molecule has 0 bridgehead atoms. The van der Waals surface area contributed by atoms with Crippen LogP contribution in [-0.2, 0) is 4.79 Å². The molecule has 1 amide bonds. The van der Waals surface area contributed by atoms with Crippen LogP contribution < -0.4 is 5.32 Å². The fraction of sp³-hybridized carbons (Fsp3) is 0.864. The molecule has 3 fully saturated rings. The zero-order valence-corrected chi connectivity index (χ0v) is 16.8. The summed E-state index contributed by atoms with van der Waals surface area (Å²) in [6.07, 6.45) is 6.75. The molecule has 7 unspecified atom stereocenters. The monoisotopic (exact) mass is 363 g/mol. The topological polar surface area (TPSA) is 69.6 Å². The Morgan fingerprint density at radius 1 is 1.23 bits per heavy atom. The quantitative estimate of drug-likeness (QED) is 0.671. The second kappa shape index (κ2) is 7.27. The molecule has 0 aromatic heterocycles. The minimum atomic E-state index is -0.283. The maximum Gasteiger partial charge on any atom is 0.216 e. The number of fused-ring (bicyclic) bond motifs is 1. The highest BCUT2D eigenvalue weighted by Gasteiger charge is 2.56. The molecular formula is C22H37NO3. The molecule has 148 valence electrons. The summed E-state index contributed by atoms with van der Waals surface area (Å²) in [7, 11) is 0. The summed E-state index contributed by atoms with van der Waals surface area (Å²) in [6, 6.07) is 0. The zero-order chi connectivity index (χ0) is 19.1. The first-order valence-corrected chi connectivity index (χ1v) is 10.4. The van der Waals surface area contributed by atoms with Crippen molar-refractivity contribution in [3.05, 3.63) is 12.2 Å². The molecule has 0 saturated heterocycles. The van der Waals surface area contributed by atoms with Crippen molar-refractivity contribution in [3.8, 4) is 0 Å². The number of hydrogen-bond acceptors (Lipinski definition) is 3. The number of nitrogens with one attached hydrogen (secondary N) is 1. The van der Waals surface area contributed by atoms with E-state index in [1.165, 1.54) is 12.0 Å². The van der Waals surface area contributed by atoms with Crippen LogP contribution in [0.3, 0.4) is 0 Å². The summed E-state index contributed by atoms with van der Waals surface area (Å²) in [5.41, 5.74) is 1.61. The Labute approximate surface area is 158 Å². The SMILES string of the molecule is C=C1CCC2C(CNC(C)=O)C(C3(C)CCC(O)CC3CO)CCC12C. The lowest BCUT2D eigenvalue weighted by molar-refractivity contribution is -0.121. The number of carbonyl (C=O) groups is 1. The number of allylic oxidation sites excluding steroid dienone is 1. The third-order valence-electron chi connectivity index (χ3n) is 8.55. The fourth-order valence-corrected chi connectivity index (χ4v) is 6.73. The van der Waals surface area contributed by atoms with Gasteiger partial charge in [-0.3, -0.25) is 4.79 Å². The zero-order valence-electron chi connectivity index (χ0n) is 16.8. The molecule has 0 heterocycles. The Morgan fingerprint density at radius 2 is 1.96 bits per heavy atom. The standard InChI is InChI=1S/C22H37NO3/c1-14-5-6-19-18(12-23-15(2)25)20(8-10-21(14,19)3)22(4)9-7-17(26)11-16(22)13-24/h16-20,24,26H,1,5-13H2,2-4H3,(H,23,25). The van der Waals surface area contributed by atoms with E-state index < -0.39 is 0 Å². The molecule has 7 atom stereocenters. The predicted octanol–water partition coefficient (Wildman–Crippen LogP) is 3.28. The molecule has 3 aliphatic carbocycles. The van der Waals surface area contributed by atoms with Crippen LogP contribution >= 0.6 is 0 Å². The van der Waals surface area contributed by atoms with Crippen molar-refractivity contribution in [3.63, 3.8) is 0 Å². The molecule has 3 aliphatic rings. The third kappa shape index (κ3) is 3.24. The summed E-state index contributed by atoms with van der Waals surface area (Å²) in [4.78, 5) is 11.6. The van der Waals surface area contributed by atoms with Gasteiger partial charge in [0.25, 0.3) is 0 Å². The summed E-state index contributed by atoms with van der Waals surface area (Å²) >= 11 is 0. The van der Waals surface area contributed by atoms with Gasteiger partial charge in [-0.15, -0.1) is 0 Å². The molecule has 0 aromatic carbocycles. The van der Waals surface area contributed by atoms with Gasteiger partial charge in [-0.1, -0.05) is 26.0 Å². The highest BCUT2D eigenvalue weighted by molar-refractivity contribution is 5.72. The summed E-state index contributed by atoms with van der Waals surface area (Å²) in [5.74, 6) is 1.64. The smallest absolute Gasteiger partial charge is 0.216 e. The number of rotatable bonds is 4. The molecule has 3 rings (SSSR count). The first kappa shape index (κ1) is 19.9. The normalized spacial score (nSPS) is 46.0. The van der Waals surface area contributed by atoms with Gasteiger partial charge in [-0.2, -0.15) is 0 Å². The average molecular weight is 364 g/mol. The highest BCUT2D eigenvalue weighted by Crippen LogP contribution is 2.63. The molecule has 3 saturated carbocycles. The van der Waals surface area contributed by atoms with Crippen LogP contribution in [0.15, 0.2) is 12.2 Å². The molecule has 4 nitrogen and oxygen atoms in total. The third-order valence-corrected chi connectivity index (χ3v) is 8.55. The van der Waals surface area contributed by atoms with Crippen molar-refractivity contribution in [2.45, 2.75) is 71.8 Å². The first-order valence-electron chi connectivity index (χ1n) is 10.4. The van der Waals surface area contributed by atoms with Gasteiger partial charge < -0.3 is 15.5 Å². The van der Waals surface area contributed by atoms with Crippen molar-refractivity contribution in [1.29, 1.82) is 0 Å². The van der Waals surface area contributed by atoms with Gasteiger partial charge in [0.15, 0.2) is 0 Å². The van der Waals surface area contributed by atoms with E-state index in [0.29, 0.717) is 24.2 Å². The fourth-order valence-electron chi connectivity index (χ4n) is 6.73. The Balaban J connectivity index is 1.91. The van der Waals surface area contributed by atoms with Crippen molar-refractivity contribution in [2.75, 3.05) is 13.2 Å². The molecule has 4 heteroatoms. The van der Waals surface area contributed by atoms with Gasteiger partial charge in [0.2, 0.25) is 5.91 Å². The van der Waals surface area contributed by atoms with Gasteiger partial charge in [-0.05, 0) is 79.4 Å². The number of aliphatic hydroxyl groups is 2. The van der Waals surface area contributed by atoms with Crippen LogP contribution in [0, 0.1) is 34.5 Å². The van der Waals surface area contributed by atoms with Crippen LogP contribution in [0.1, 0.15) is 65.7 Å². The lowest BCUT2D eigenvalue weighted by Crippen LogP contribution is -2.53. The van der Waals surface area contributed by atoms with E-state index in [0.717, 1.165) is 38.6 Å². The van der Waals surface area contributed by atoms with Crippen LogP contribution in [0.5, 0.6) is 0 Å². The van der Waals surface area contributed by atoms with Crippen molar-refractivity contribution in [2.24, 2.45) is 34.5 Å². The van der Waals surface area contributed by atoms with E-state index in [-0.39, 0.29) is 35.4 Å². The lowest BCUT2D eigenvalue weighted by Gasteiger charge is -2.56. The Morgan fingerprint density at radius 3 is 2.62 bits per heavy atom. The molecule has 3 N–H and O–H groups in total. The van der Waals surface area contributed by atoms with Crippen LogP contribution in [0.25, 0.3) is 0 Å². The van der Waals surface area contributed by atoms with Gasteiger partial charge >= 0.3 is 0 Å². The van der Waals surface area contributed by atoms with E-state index in [1.807, 2.05) is 0 Å². The number of amides is 1. The van der Waals surface area contributed by atoms with E-state index in [9.17, 15) is 15.0 Å². The molecule has 0 aliphatic heterocycles. The summed E-state index contributed by atoms with van der Waals surface area (Å²) < 4.78 is 0. The van der Waals surface area contributed by atoms with Gasteiger partial charge in [0, 0.05) is 20.1 Å². The van der Waals surface area contributed by atoms with Crippen molar-refractivity contribution >= 4 is 5.91 Å². The van der Waals surface area contributed by atoms with Crippen molar-refractivity contribution < 1.29 is 15.0 Å². The first-order chi connectivity index (χ1) is 12.2. The van der Waals surface area contributed by atoms with Crippen LogP contribution in [-0.4, -0.2) is 35.4 Å². The largest absolute Gasteiger partial charge is 0.396 e. The van der Waals surface area contributed by atoms with E-state index in [1.54, 1.807) is 6.92 Å². The summed E-state index contributed by atoms with van der Waals surface area (Å²) in [6.45, 7) is 11.5. The Kier molecular flexibility index (Phi) is 5.56.